The summed E-state index contributed by atoms with van der Waals surface area (Å²) in [6, 6.07) is 1.92. The van der Waals surface area contributed by atoms with Gasteiger partial charge in [-0.3, -0.25) is 4.79 Å². The first-order chi connectivity index (χ1) is 8.84. The molecule has 1 atom stereocenters. The summed E-state index contributed by atoms with van der Waals surface area (Å²) in [6.07, 6.45) is 0.525. The average Bonchev–Trinajstić information content (AvgIpc) is 2.37. The van der Waals surface area contributed by atoms with Crippen LogP contribution in [0.3, 0.4) is 0 Å². The molecule has 1 aromatic carbocycles. The molecular formula is C16H23ClO2. The molecule has 0 saturated carbocycles. The molecule has 0 radical (unpaired) electrons. The molecule has 0 aliphatic heterocycles. The van der Waals surface area contributed by atoms with E-state index in [1.807, 2.05) is 26.8 Å². The molecule has 106 valence electrons. The van der Waals surface area contributed by atoms with E-state index in [1.54, 1.807) is 7.11 Å². The summed E-state index contributed by atoms with van der Waals surface area (Å²) < 4.78 is 5.48. The number of methoxy groups -OCH3 is 1. The fourth-order valence-electron chi connectivity index (χ4n) is 2.58. The molecule has 0 fully saturated rings. The molecule has 0 aliphatic carbocycles. The molecule has 0 spiro atoms. The van der Waals surface area contributed by atoms with Crippen molar-refractivity contribution in [2.75, 3.05) is 7.11 Å². The topological polar surface area (TPSA) is 26.3 Å². The van der Waals surface area contributed by atoms with Crippen molar-refractivity contribution in [3.8, 4) is 5.75 Å². The van der Waals surface area contributed by atoms with Gasteiger partial charge in [-0.15, -0.1) is 0 Å². The summed E-state index contributed by atoms with van der Waals surface area (Å²) in [5.74, 6) is 1.06. The van der Waals surface area contributed by atoms with E-state index >= 15 is 0 Å². The van der Waals surface area contributed by atoms with Crippen LogP contribution >= 0.6 is 11.6 Å². The van der Waals surface area contributed by atoms with Gasteiger partial charge in [0, 0.05) is 22.9 Å². The predicted molar refractivity (Wildman–Crippen MR) is 80.4 cm³/mol. The van der Waals surface area contributed by atoms with Gasteiger partial charge < -0.3 is 4.74 Å². The molecule has 0 aromatic heterocycles. The van der Waals surface area contributed by atoms with Crippen molar-refractivity contribution in [3.63, 3.8) is 0 Å². The Morgan fingerprint density at radius 1 is 1.37 bits per heavy atom. The zero-order chi connectivity index (χ0) is 14.7. The number of hydrogen-bond acceptors (Lipinski definition) is 2. The lowest BCUT2D eigenvalue weighted by Gasteiger charge is -2.25. The number of carbonyl (C=O) groups excluding carboxylic acids is 1. The Kier molecular flexibility index (Phi) is 5.42. The Hall–Kier alpha value is -1.02. The highest BCUT2D eigenvalue weighted by atomic mass is 35.5. The van der Waals surface area contributed by atoms with Gasteiger partial charge in [-0.25, -0.2) is 0 Å². The summed E-state index contributed by atoms with van der Waals surface area (Å²) in [7, 11) is 1.64. The second kappa shape index (κ2) is 6.42. The Morgan fingerprint density at radius 2 is 1.95 bits per heavy atom. The molecule has 1 aromatic rings. The summed E-state index contributed by atoms with van der Waals surface area (Å²) in [5.41, 5.74) is 2.88. The molecule has 1 unspecified atom stereocenters. The summed E-state index contributed by atoms with van der Waals surface area (Å²) in [4.78, 5) is 12.3. The molecule has 0 saturated heterocycles. The predicted octanol–water partition coefficient (Wildman–Crippen LogP) is 4.68. The summed E-state index contributed by atoms with van der Waals surface area (Å²) >= 11 is 6.34. The number of Topliss-reactive ketones (excluding diaryl/α,β-unsaturated/α-hetero) is 1. The quantitative estimate of drug-likeness (QED) is 0.783. The van der Waals surface area contributed by atoms with E-state index in [4.69, 9.17) is 16.3 Å². The third-order valence-corrected chi connectivity index (χ3v) is 4.17. The van der Waals surface area contributed by atoms with Crippen molar-refractivity contribution in [1.29, 1.82) is 0 Å². The lowest BCUT2D eigenvalue weighted by molar-refractivity contribution is -0.121. The van der Waals surface area contributed by atoms with Gasteiger partial charge in [-0.2, -0.15) is 0 Å². The number of halogens is 1. The standard InChI is InChI=1S/C16H23ClO2/c1-7-12(18)14(9(2)3)15-11(5)16(17)10(4)8-13(15)19-6/h8-9,14H,7H2,1-6H3. The first kappa shape index (κ1) is 16.0. The highest BCUT2D eigenvalue weighted by Crippen LogP contribution is 2.40. The Bertz CT molecular complexity index is 478. The Balaban J connectivity index is 3.53. The molecule has 0 heterocycles. The molecule has 0 amide bonds. The van der Waals surface area contributed by atoms with Crippen LogP contribution < -0.4 is 4.74 Å². The normalized spacial score (nSPS) is 12.6. The number of ketones is 1. The lowest BCUT2D eigenvalue weighted by Crippen LogP contribution is -2.19. The van der Waals surface area contributed by atoms with E-state index in [0.29, 0.717) is 6.42 Å². The van der Waals surface area contributed by atoms with Crippen LogP contribution in [0, 0.1) is 19.8 Å². The SMILES string of the molecule is CCC(=O)C(c1c(OC)cc(C)c(Cl)c1C)C(C)C. The summed E-state index contributed by atoms with van der Waals surface area (Å²) in [5, 5.41) is 0.727. The van der Waals surface area contributed by atoms with E-state index in [0.717, 1.165) is 27.5 Å². The van der Waals surface area contributed by atoms with Gasteiger partial charge >= 0.3 is 0 Å². The summed E-state index contributed by atoms with van der Waals surface area (Å²) in [6.45, 7) is 9.93. The van der Waals surface area contributed by atoms with E-state index in [2.05, 4.69) is 13.8 Å². The van der Waals surface area contributed by atoms with Gasteiger partial charge in [0.25, 0.3) is 0 Å². The third-order valence-electron chi connectivity index (χ3n) is 3.59. The van der Waals surface area contributed by atoms with Crippen LogP contribution in [-0.2, 0) is 4.79 Å². The van der Waals surface area contributed by atoms with Gasteiger partial charge in [0.05, 0.1) is 7.11 Å². The van der Waals surface area contributed by atoms with Crippen LogP contribution in [0.15, 0.2) is 6.07 Å². The van der Waals surface area contributed by atoms with Gasteiger partial charge in [0.15, 0.2) is 0 Å². The number of carbonyl (C=O) groups is 1. The minimum Gasteiger partial charge on any atom is -0.496 e. The second-order valence-electron chi connectivity index (χ2n) is 5.29. The molecule has 3 heteroatoms. The van der Waals surface area contributed by atoms with Gasteiger partial charge in [-0.05, 0) is 37.0 Å². The minimum atomic E-state index is -0.155. The molecular weight excluding hydrogens is 260 g/mol. The van der Waals surface area contributed by atoms with Gasteiger partial charge in [0.2, 0.25) is 0 Å². The van der Waals surface area contributed by atoms with Crippen LogP contribution in [0.2, 0.25) is 5.02 Å². The van der Waals surface area contributed by atoms with Crippen molar-refractivity contribution in [1.82, 2.24) is 0 Å². The number of ether oxygens (including phenoxy) is 1. The van der Waals surface area contributed by atoms with Crippen LogP contribution in [0.25, 0.3) is 0 Å². The van der Waals surface area contributed by atoms with Crippen molar-refractivity contribution in [3.05, 3.63) is 27.8 Å². The molecule has 0 bridgehead atoms. The van der Waals surface area contributed by atoms with E-state index < -0.39 is 0 Å². The van der Waals surface area contributed by atoms with Crippen LogP contribution in [-0.4, -0.2) is 12.9 Å². The largest absolute Gasteiger partial charge is 0.496 e. The Labute approximate surface area is 121 Å². The number of rotatable bonds is 5. The van der Waals surface area contributed by atoms with E-state index in [9.17, 15) is 4.79 Å². The van der Waals surface area contributed by atoms with Crippen LogP contribution in [0.1, 0.15) is 49.8 Å². The van der Waals surface area contributed by atoms with Crippen LogP contribution in [0.4, 0.5) is 0 Å². The highest BCUT2D eigenvalue weighted by molar-refractivity contribution is 6.32. The van der Waals surface area contributed by atoms with Crippen molar-refractivity contribution >= 4 is 17.4 Å². The first-order valence-corrected chi connectivity index (χ1v) is 7.09. The number of hydrogen-bond donors (Lipinski definition) is 0. The minimum absolute atomic E-state index is 0.155. The van der Waals surface area contributed by atoms with Gasteiger partial charge in [0.1, 0.15) is 11.5 Å². The zero-order valence-electron chi connectivity index (χ0n) is 12.6. The van der Waals surface area contributed by atoms with Crippen molar-refractivity contribution in [2.24, 2.45) is 5.92 Å². The number of benzene rings is 1. The molecule has 0 N–H and O–H groups in total. The number of aryl methyl sites for hydroxylation is 1. The maximum atomic E-state index is 12.3. The Morgan fingerprint density at radius 3 is 2.37 bits per heavy atom. The smallest absolute Gasteiger partial charge is 0.140 e. The third kappa shape index (κ3) is 3.11. The van der Waals surface area contributed by atoms with Gasteiger partial charge in [-0.1, -0.05) is 32.4 Å². The lowest BCUT2D eigenvalue weighted by atomic mass is 9.81. The van der Waals surface area contributed by atoms with E-state index in [1.165, 1.54) is 0 Å². The molecule has 2 nitrogen and oxygen atoms in total. The molecule has 1 rings (SSSR count). The monoisotopic (exact) mass is 282 g/mol. The average molecular weight is 283 g/mol. The maximum Gasteiger partial charge on any atom is 0.140 e. The van der Waals surface area contributed by atoms with Crippen molar-refractivity contribution in [2.45, 2.75) is 47.0 Å². The second-order valence-corrected chi connectivity index (χ2v) is 5.67. The maximum absolute atomic E-state index is 12.3. The van der Waals surface area contributed by atoms with Crippen molar-refractivity contribution < 1.29 is 9.53 Å². The zero-order valence-corrected chi connectivity index (χ0v) is 13.4. The highest BCUT2D eigenvalue weighted by Gasteiger charge is 2.28. The molecule has 19 heavy (non-hydrogen) atoms. The molecule has 0 aliphatic rings. The van der Waals surface area contributed by atoms with E-state index in [-0.39, 0.29) is 17.6 Å². The fourth-order valence-corrected chi connectivity index (χ4v) is 2.73. The first-order valence-electron chi connectivity index (χ1n) is 6.71. The fraction of sp³-hybridized carbons (Fsp3) is 0.562. The van der Waals surface area contributed by atoms with Crippen LogP contribution in [0.5, 0.6) is 5.75 Å².